The number of methoxy groups -OCH3 is 2. The summed E-state index contributed by atoms with van der Waals surface area (Å²) in [5.41, 5.74) is 2.60. The molecule has 6 heteroatoms. The molecule has 20 heavy (non-hydrogen) atoms. The van der Waals surface area contributed by atoms with E-state index < -0.39 is 0 Å². The summed E-state index contributed by atoms with van der Waals surface area (Å²) in [6, 6.07) is 3.70. The molecule has 2 N–H and O–H groups in total. The van der Waals surface area contributed by atoms with E-state index in [1.165, 1.54) is 0 Å². The van der Waals surface area contributed by atoms with Crippen molar-refractivity contribution in [2.75, 3.05) is 14.2 Å². The smallest absolute Gasteiger partial charge is 0.267 e. The summed E-state index contributed by atoms with van der Waals surface area (Å²) < 4.78 is 16.7. The van der Waals surface area contributed by atoms with Crippen molar-refractivity contribution in [2.45, 2.75) is 18.4 Å². The summed E-state index contributed by atoms with van der Waals surface area (Å²) in [5, 5.41) is 5.61. The van der Waals surface area contributed by atoms with Gasteiger partial charge in [0.2, 0.25) is 0 Å². The van der Waals surface area contributed by atoms with Crippen LogP contribution in [0, 0.1) is 0 Å². The molecule has 0 saturated heterocycles. The monoisotopic (exact) mass is 274 g/mol. The van der Waals surface area contributed by atoms with Crippen molar-refractivity contribution in [2.24, 2.45) is 0 Å². The molecule has 0 saturated carbocycles. The maximum atomic E-state index is 11.7. The summed E-state index contributed by atoms with van der Waals surface area (Å²) in [5.74, 6) is 2.20. The summed E-state index contributed by atoms with van der Waals surface area (Å²) >= 11 is 0. The van der Waals surface area contributed by atoms with E-state index in [4.69, 9.17) is 14.2 Å². The van der Waals surface area contributed by atoms with Gasteiger partial charge < -0.3 is 19.3 Å². The van der Waals surface area contributed by atoms with Crippen molar-refractivity contribution in [3.63, 3.8) is 0 Å². The predicted molar refractivity (Wildman–Crippen MR) is 70.9 cm³/mol. The van der Waals surface area contributed by atoms with Gasteiger partial charge in [-0.3, -0.25) is 9.89 Å². The second-order valence-electron chi connectivity index (χ2n) is 5.05. The van der Waals surface area contributed by atoms with Crippen LogP contribution in [0.15, 0.2) is 16.9 Å². The Morgan fingerprint density at radius 1 is 1.25 bits per heavy atom. The number of hydrogen-bond donors (Lipinski definition) is 2. The highest BCUT2D eigenvalue weighted by molar-refractivity contribution is 5.59. The van der Waals surface area contributed by atoms with Crippen LogP contribution in [0.3, 0.4) is 0 Å². The zero-order valence-electron chi connectivity index (χ0n) is 11.1. The van der Waals surface area contributed by atoms with Crippen molar-refractivity contribution >= 4 is 0 Å². The van der Waals surface area contributed by atoms with Crippen molar-refractivity contribution in [3.8, 4) is 17.2 Å². The van der Waals surface area contributed by atoms with Gasteiger partial charge in [0.25, 0.3) is 5.56 Å². The average Bonchev–Trinajstić information content (AvgIpc) is 3.08. The fourth-order valence-corrected chi connectivity index (χ4v) is 3.24. The van der Waals surface area contributed by atoms with Crippen LogP contribution in [0.5, 0.6) is 17.2 Å². The largest absolute Gasteiger partial charge is 0.496 e. The second kappa shape index (κ2) is 3.82. The van der Waals surface area contributed by atoms with Gasteiger partial charge >= 0.3 is 0 Å². The number of fused-ring (bicyclic) bond motifs is 5. The van der Waals surface area contributed by atoms with Crippen molar-refractivity contribution in [3.05, 3.63) is 39.3 Å². The Balaban J connectivity index is 1.92. The molecule has 2 aliphatic rings. The molecule has 1 aliphatic carbocycles. The van der Waals surface area contributed by atoms with Crippen LogP contribution in [0.25, 0.3) is 0 Å². The number of benzene rings is 1. The number of rotatable bonds is 2. The van der Waals surface area contributed by atoms with Crippen LogP contribution in [0.1, 0.15) is 22.7 Å². The Hall–Kier alpha value is -2.37. The average molecular weight is 274 g/mol. The summed E-state index contributed by atoms with van der Waals surface area (Å²) in [4.78, 5) is 11.7. The molecular weight excluding hydrogens is 260 g/mol. The third-order valence-electron chi connectivity index (χ3n) is 4.12. The molecule has 2 atom stereocenters. The van der Waals surface area contributed by atoms with Gasteiger partial charge in [0.05, 0.1) is 25.8 Å². The lowest BCUT2D eigenvalue weighted by molar-refractivity contribution is 0.228. The third kappa shape index (κ3) is 1.31. The molecule has 2 unspecified atom stereocenters. The Bertz CT molecular complexity index is 746. The quantitative estimate of drug-likeness (QED) is 0.862. The number of H-pyrrole nitrogens is 2. The Kier molecular flexibility index (Phi) is 2.19. The molecule has 2 aromatic rings. The van der Waals surface area contributed by atoms with E-state index in [0.717, 1.165) is 28.3 Å². The Morgan fingerprint density at radius 3 is 2.85 bits per heavy atom. The molecule has 1 aromatic heterocycles. The first-order chi connectivity index (χ1) is 9.72. The molecule has 1 aliphatic heterocycles. The van der Waals surface area contributed by atoms with Gasteiger partial charge in [-0.15, -0.1) is 0 Å². The SMILES string of the molecule is COc1cc(OC)c2c(c1)OC1Cc3c([nH][nH]c3=O)C21. The molecule has 2 heterocycles. The lowest BCUT2D eigenvalue weighted by Crippen LogP contribution is -2.18. The first-order valence-electron chi connectivity index (χ1n) is 6.45. The van der Waals surface area contributed by atoms with E-state index in [9.17, 15) is 4.79 Å². The van der Waals surface area contributed by atoms with Crippen LogP contribution < -0.4 is 19.8 Å². The zero-order chi connectivity index (χ0) is 13.9. The van der Waals surface area contributed by atoms with Crippen molar-refractivity contribution in [1.82, 2.24) is 10.2 Å². The molecule has 0 spiro atoms. The van der Waals surface area contributed by atoms with Crippen LogP contribution >= 0.6 is 0 Å². The fraction of sp³-hybridized carbons (Fsp3) is 0.357. The Morgan fingerprint density at radius 2 is 2.10 bits per heavy atom. The minimum Gasteiger partial charge on any atom is -0.496 e. The molecule has 0 fully saturated rings. The van der Waals surface area contributed by atoms with Crippen LogP contribution in [-0.2, 0) is 6.42 Å². The van der Waals surface area contributed by atoms with Gasteiger partial charge in [-0.05, 0) is 0 Å². The molecule has 0 bridgehead atoms. The molecule has 0 radical (unpaired) electrons. The molecule has 0 amide bonds. The normalized spacial score (nSPS) is 21.9. The van der Waals surface area contributed by atoms with E-state index in [1.807, 2.05) is 12.1 Å². The molecule has 104 valence electrons. The van der Waals surface area contributed by atoms with E-state index in [2.05, 4.69) is 10.2 Å². The van der Waals surface area contributed by atoms with Gasteiger partial charge in [-0.25, -0.2) is 0 Å². The lowest BCUT2D eigenvalue weighted by Gasteiger charge is -2.12. The van der Waals surface area contributed by atoms with Crippen LogP contribution in [-0.4, -0.2) is 30.5 Å². The van der Waals surface area contributed by atoms with E-state index >= 15 is 0 Å². The minimum absolute atomic E-state index is 0.0137. The highest BCUT2D eigenvalue weighted by Crippen LogP contribution is 2.52. The minimum atomic E-state index is -0.0629. The van der Waals surface area contributed by atoms with E-state index in [0.29, 0.717) is 12.2 Å². The summed E-state index contributed by atoms with van der Waals surface area (Å²) in [7, 11) is 3.23. The molecule has 4 rings (SSSR count). The highest BCUT2D eigenvalue weighted by atomic mass is 16.5. The maximum absolute atomic E-state index is 11.7. The van der Waals surface area contributed by atoms with Crippen LogP contribution in [0.4, 0.5) is 0 Å². The Labute approximate surface area is 114 Å². The van der Waals surface area contributed by atoms with Gasteiger partial charge in [0.1, 0.15) is 23.4 Å². The number of aromatic nitrogens is 2. The fourth-order valence-electron chi connectivity index (χ4n) is 3.24. The van der Waals surface area contributed by atoms with Crippen molar-refractivity contribution < 1.29 is 14.2 Å². The first kappa shape index (κ1) is 11.5. The number of nitrogens with one attached hydrogen (secondary N) is 2. The highest BCUT2D eigenvalue weighted by Gasteiger charge is 2.46. The predicted octanol–water partition coefficient (Wildman–Crippen LogP) is 1.17. The van der Waals surface area contributed by atoms with Gasteiger partial charge in [0.15, 0.2) is 0 Å². The van der Waals surface area contributed by atoms with Gasteiger partial charge in [-0.1, -0.05) is 0 Å². The number of hydrogen-bond acceptors (Lipinski definition) is 4. The number of ether oxygens (including phenoxy) is 3. The molecular formula is C14H14N2O4. The topological polar surface area (TPSA) is 76.3 Å². The molecule has 6 nitrogen and oxygen atoms in total. The second-order valence-corrected chi connectivity index (χ2v) is 5.05. The summed E-state index contributed by atoms with van der Waals surface area (Å²) in [6.07, 6.45) is 0.563. The lowest BCUT2D eigenvalue weighted by atomic mass is 9.95. The van der Waals surface area contributed by atoms with E-state index in [-0.39, 0.29) is 17.6 Å². The standard InChI is InChI=1S/C14H14N2O4/c1-18-6-3-8(19-2)11-9(4-6)20-10-5-7-13(12(10)11)15-16-14(7)17/h3-4,10,12H,5H2,1-2H3,(H2,15,16,17). The number of aromatic amines is 2. The van der Waals surface area contributed by atoms with Gasteiger partial charge in [-0.2, -0.15) is 0 Å². The summed E-state index contributed by atoms with van der Waals surface area (Å²) in [6.45, 7) is 0. The van der Waals surface area contributed by atoms with Crippen LogP contribution in [0.2, 0.25) is 0 Å². The van der Waals surface area contributed by atoms with Gasteiger partial charge in [0, 0.05) is 29.7 Å². The first-order valence-corrected chi connectivity index (χ1v) is 6.45. The van der Waals surface area contributed by atoms with E-state index in [1.54, 1.807) is 14.2 Å². The zero-order valence-corrected chi connectivity index (χ0v) is 11.1. The third-order valence-corrected chi connectivity index (χ3v) is 4.12. The molecule has 1 aromatic carbocycles. The maximum Gasteiger partial charge on any atom is 0.267 e. The van der Waals surface area contributed by atoms with Crippen molar-refractivity contribution in [1.29, 1.82) is 0 Å².